The lowest BCUT2D eigenvalue weighted by Crippen LogP contribution is -2.05. The number of oxazole rings is 1. The maximum atomic E-state index is 9.44. The maximum Gasteiger partial charge on any atom is 0.232 e. The van der Waals surface area contributed by atoms with E-state index in [1.165, 1.54) is 0 Å². The van der Waals surface area contributed by atoms with Crippen molar-refractivity contribution in [3.05, 3.63) is 94.6 Å². The molecule has 3 aromatic carbocycles. The molecule has 0 fully saturated rings. The minimum absolute atomic E-state index is 0.221. The molecule has 1 aromatic heterocycles. The van der Waals surface area contributed by atoms with Crippen LogP contribution in [0.25, 0.3) is 11.5 Å². The van der Waals surface area contributed by atoms with Gasteiger partial charge in [-0.3, -0.25) is 0 Å². The van der Waals surface area contributed by atoms with Gasteiger partial charge in [0.05, 0.1) is 7.11 Å². The molecule has 0 amide bonds. The predicted octanol–water partition coefficient (Wildman–Crippen LogP) is 6.11. The monoisotopic (exact) mass is 459 g/mol. The van der Waals surface area contributed by atoms with Gasteiger partial charge in [-0.05, 0) is 54.4 Å². The lowest BCUT2D eigenvalue weighted by Gasteiger charge is -2.08. The summed E-state index contributed by atoms with van der Waals surface area (Å²) >= 11 is 6.17. The van der Waals surface area contributed by atoms with Crippen LogP contribution in [0.3, 0.4) is 0 Å². The van der Waals surface area contributed by atoms with Crippen LogP contribution in [0, 0.1) is 11.3 Å². The second-order valence-electron chi connectivity index (χ2n) is 7.24. The normalized spacial score (nSPS) is 10.5. The molecule has 0 saturated carbocycles. The van der Waals surface area contributed by atoms with Gasteiger partial charge in [0.2, 0.25) is 17.5 Å². The van der Waals surface area contributed by atoms with Crippen molar-refractivity contribution in [1.29, 1.82) is 5.26 Å². The van der Waals surface area contributed by atoms with Gasteiger partial charge in [-0.1, -0.05) is 41.9 Å². The van der Waals surface area contributed by atoms with Crippen LogP contribution >= 0.6 is 11.6 Å². The van der Waals surface area contributed by atoms with Crippen molar-refractivity contribution >= 4 is 17.5 Å². The smallest absolute Gasteiger partial charge is 0.232 e. The number of aromatic nitrogens is 1. The van der Waals surface area contributed by atoms with E-state index < -0.39 is 0 Å². The Balaban J connectivity index is 1.37. The van der Waals surface area contributed by atoms with Gasteiger partial charge < -0.3 is 19.2 Å². The van der Waals surface area contributed by atoms with E-state index in [1.54, 1.807) is 7.11 Å². The molecule has 0 saturated heterocycles. The zero-order valence-electron chi connectivity index (χ0n) is 18.0. The molecule has 4 rings (SSSR count). The summed E-state index contributed by atoms with van der Waals surface area (Å²) in [4.78, 5) is 4.32. The van der Waals surface area contributed by atoms with Crippen molar-refractivity contribution in [3.8, 4) is 29.0 Å². The Morgan fingerprint density at radius 2 is 1.73 bits per heavy atom. The Bertz CT molecular complexity index is 1250. The zero-order valence-corrected chi connectivity index (χ0v) is 18.8. The first kappa shape index (κ1) is 22.3. The first-order valence-corrected chi connectivity index (χ1v) is 10.8. The van der Waals surface area contributed by atoms with Crippen LogP contribution in [-0.4, -0.2) is 18.6 Å². The third-order valence-corrected chi connectivity index (χ3v) is 5.41. The third-order valence-electron chi connectivity index (χ3n) is 5.04. The number of hydrogen-bond donors (Lipinski definition) is 1. The van der Waals surface area contributed by atoms with E-state index >= 15 is 0 Å². The highest BCUT2D eigenvalue weighted by Crippen LogP contribution is 2.27. The molecule has 0 spiro atoms. The maximum absolute atomic E-state index is 9.44. The fourth-order valence-corrected chi connectivity index (χ4v) is 3.41. The topological polar surface area (TPSA) is 80.3 Å². The lowest BCUT2D eigenvalue weighted by molar-refractivity contribution is 0.306. The number of methoxy groups -OCH3 is 1. The number of nitrogens with one attached hydrogen (secondary N) is 1. The van der Waals surface area contributed by atoms with E-state index in [-0.39, 0.29) is 5.69 Å². The molecular weight excluding hydrogens is 438 g/mol. The average molecular weight is 460 g/mol. The van der Waals surface area contributed by atoms with Crippen LogP contribution in [-0.2, 0) is 13.0 Å². The molecule has 0 unspecified atom stereocenters. The van der Waals surface area contributed by atoms with Gasteiger partial charge in [-0.15, -0.1) is 0 Å². The molecule has 0 bridgehead atoms. The molecule has 6 nitrogen and oxygen atoms in total. The van der Waals surface area contributed by atoms with Crippen molar-refractivity contribution in [2.75, 3.05) is 19.0 Å². The van der Waals surface area contributed by atoms with Crippen molar-refractivity contribution in [2.45, 2.75) is 13.0 Å². The van der Waals surface area contributed by atoms with Crippen LogP contribution in [0.1, 0.15) is 16.8 Å². The van der Waals surface area contributed by atoms with E-state index in [0.29, 0.717) is 35.7 Å². The predicted molar refractivity (Wildman–Crippen MR) is 128 cm³/mol. The average Bonchev–Trinajstić information content (AvgIpc) is 3.27. The zero-order chi connectivity index (χ0) is 23.0. The molecule has 166 valence electrons. The van der Waals surface area contributed by atoms with Crippen LogP contribution in [0.5, 0.6) is 11.5 Å². The summed E-state index contributed by atoms with van der Waals surface area (Å²) in [5.74, 6) is 2.25. The summed E-state index contributed by atoms with van der Waals surface area (Å²) in [6, 6.07) is 24.9. The van der Waals surface area contributed by atoms with Crippen molar-refractivity contribution < 1.29 is 13.9 Å². The molecule has 1 N–H and O–H groups in total. The summed E-state index contributed by atoms with van der Waals surface area (Å²) in [7, 11) is 1.64. The van der Waals surface area contributed by atoms with Crippen molar-refractivity contribution in [2.24, 2.45) is 0 Å². The fourth-order valence-electron chi connectivity index (χ4n) is 3.22. The fraction of sp³-hybridized carbons (Fsp3) is 0.154. The summed E-state index contributed by atoms with van der Waals surface area (Å²) < 4.78 is 16.8. The summed E-state index contributed by atoms with van der Waals surface area (Å²) in [5.41, 5.74) is 3.03. The largest absolute Gasteiger partial charge is 0.497 e. The molecule has 0 aliphatic carbocycles. The minimum atomic E-state index is 0.221. The molecule has 4 aromatic rings. The molecular formula is C26H22ClN3O3. The van der Waals surface area contributed by atoms with E-state index in [2.05, 4.69) is 16.4 Å². The standard InChI is InChI=1S/C26H22ClN3O3/c1-31-21-10-6-18(7-11-21)14-15-29-26-24(16-28)30-25(33-26)19-8-12-22(13-9-19)32-17-20-4-2-3-5-23(20)27/h2-13,29H,14-15,17H2,1H3. The number of ether oxygens (including phenoxy) is 2. The highest BCUT2D eigenvalue weighted by atomic mass is 35.5. The van der Waals surface area contributed by atoms with E-state index in [0.717, 1.165) is 28.9 Å². The number of anilines is 1. The highest BCUT2D eigenvalue weighted by Gasteiger charge is 2.14. The van der Waals surface area contributed by atoms with Gasteiger partial charge in [-0.25, -0.2) is 0 Å². The first-order valence-electron chi connectivity index (χ1n) is 10.4. The van der Waals surface area contributed by atoms with Crippen molar-refractivity contribution in [3.63, 3.8) is 0 Å². The molecule has 0 aliphatic rings. The van der Waals surface area contributed by atoms with Gasteiger partial charge in [0.15, 0.2) is 0 Å². The molecule has 0 aliphatic heterocycles. The van der Waals surface area contributed by atoms with Gasteiger partial charge in [0.25, 0.3) is 0 Å². The van der Waals surface area contributed by atoms with Crippen LogP contribution < -0.4 is 14.8 Å². The number of rotatable bonds is 9. The lowest BCUT2D eigenvalue weighted by atomic mass is 10.1. The van der Waals surface area contributed by atoms with Gasteiger partial charge in [-0.2, -0.15) is 10.2 Å². The molecule has 7 heteroatoms. The quantitative estimate of drug-likeness (QED) is 0.325. The second-order valence-corrected chi connectivity index (χ2v) is 7.65. The number of benzene rings is 3. The van der Waals surface area contributed by atoms with Crippen LogP contribution in [0.4, 0.5) is 5.88 Å². The Labute approximate surface area is 197 Å². The minimum Gasteiger partial charge on any atom is -0.497 e. The second kappa shape index (κ2) is 10.6. The van der Waals surface area contributed by atoms with Crippen molar-refractivity contribution in [1.82, 2.24) is 4.98 Å². The summed E-state index contributed by atoms with van der Waals surface area (Å²) in [6.07, 6.45) is 0.766. The van der Waals surface area contributed by atoms with Gasteiger partial charge in [0, 0.05) is 22.7 Å². The molecule has 33 heavy (non-hydrogen) atoms. The van der Waals surface area contributed by atoms with Crippen LogP contribution in [0.15, 0.2) is 77.2 Å². The molecule has 0 radical (unpaired) electrons. The van der Waals surface area contributed by atoms with Crippen LogP contribution in [0.2, 0.25) is 5.02 Å². The van der Waals surface area contributed by atoms with E-state index in [9.17, 15) is 5.26 Å². The van der Waals surface area contributed by atoms with Gasteiger partial charge in [0.1, 0.15) is 24.2 Å². The molecule has 1 heterocycles. The number of nitrogens with zero attached hydrogens (tertiary/aromatic N) is 2. The van der Waals surface area contributed by atoms with E-state index in [4.69, 9.17) is 25.5 Å². The summed E-state index contributed by atoms with van der Waals surface area (Å²) in [5, 5.41) is 13.3. The third kappa shape index (κ3) is 5.65. The first-order chi connectivity index (χ1) is 16.2. The number of hydrogen-bond acceptors (Lipinski definition) is 6. The Morgan fingerprint density at radius 3 is 2.42 bits per heavy atom. The highest BCUT2D eigenvalue weighted by molar-refractivity contribution is 6.31. The molecule has 0 atom stereocenters. The number of nitriles is 1. The Kier molecular flexibility index (Phi) is 7.13. The Morgan fingerprint density at radius 1 is 1.00 bits per heavy atom. The SMILES string of the molecule is COc1ccc(CCNc2oc(-c3ccc(OCc4ccccc4Cl)cc3)nc2C#N)cc1. The van der Waals surface area contributed by atoms with E-state index in [1.807, 2.05) is 72.8 Å². The Hall–Kier alpha value is -3.95. The van der Waals surface area contributed by atoms with Gasteiger partial charge >= 0.3 is 0 Å². The number of halogens is 1. The summed E-state index contributed by atoms with van der Waals surface area (Å²) in [6.45, 7) is 0.976.